The van der Waals surface area contributed by atoms with Gasteiger partial charge in [-0.2, -0.15) is 0 Å². The fourth-order valence-electron chi connectivity index (χ4n) is 5.61. The Labute approximate surface area is 211 Å². The van der Waals surface area contributed by atoms with Crippen molar-refractivity contribution in [2.75, 3.05) is 9.80 Å². The van der Waals surface area contributed by atoms with E-state index >= 15 is 0 Å². The van der Waals surface area contributed by atoms with Crippen molar-refractivity contribution in [3.63, 3.8) is 0 Å². The van der Waals surface area contributed by atoms with Gasteiger partial charge in [0.1, 0.15) is 0 Å². The maximum absolute atomic E-state index is 12.6. The lowest BCUT2D eigenvalue weighted by atomic mass is 9.76. The van der Waals surface area contributed by atoms with E-state index in [0.717, 1.165) is 40.3 Å². The van der Waals surface area contributed by atoms with E-state index in [4.69, 9.17) is 0 Å². The second-order valence-electron chi connectivity index (χ2n) is 9.87. The highest BCUT2D eigenvalue weighted by molar-refractivity contribution is 6.29. The Morgan fingerprint density at radius 2 is 1.25 bits per heavy atom. The molecule has 3 aliphatic rings. The molecule has 0 N–H and O–H groups in total. The molecule has 1 saturated carbocycles. The van der Waals surface area contributed by atoms with Crippen molar-refractivity contribution in [1.82, 2.24) is 0 Å². The molecule has 0 saturated heterocycles. The Bertz CT molecular complexity index is 1230. The highest BCUT2D eigenvalue weighted by Crippen LogP contribution is 2.43. The van der Waals surface area contributed by atoms with Crippen molar-refractivity contribution in [2.24, 2.45) is 5.92 Å². The molecule has 0 spiro atoms. The van der Waals surface area contributed by atoms with Crippen LogP contribution >= 0.6 is 0 Å². The number of rotatable bonds is 7. The third-order valence-electron chi connectivity index (χ3n) is 7.60. The van der Waals surface area contributed by atoms with Crippen LogP contribution in [0, 0.1) is 5.92 Å². The summed E-state index contributed by atoms with van der Waals surface area (Å²) in [7, 11) is 0. The van der Waals surface area contributed by atoms with Gasteiger partial charge in [0.2, 0.25) is 0 Å². The zero-order valence-electron chi connectivity index (χ0n) is 20.5. The Morgan fingerprint density at radius 3 is 1.83 bits per heavy atom. The summed E-state index contributed by atoms with van der Waals surface area (Å²) in [5.41, 5.74) is 3.94. The van der Waals surface area contributed by atoms with Gasteiger partial charge in [0.25, 0.3) is 23.6 Å². The second-order valence-corrected chi connectivity index (χ2v) is 9.87. The van der Waals surface area contributed by atoms with Crippen LogP contribution in [0.1, 0.15) is 63.4 Å². The van der Waals surface area contributed by atoms with Crippen LogP contribution in [0.4, 0.5) is 11.4 Å². The van der Waals surface area contributed by atoms with E-state index < -0.39 is 0 Å². The first-order valence-electron chi connectivity index (χ1n) is 12.8. The van der Waals surface area contributed by atoms with Gasteiger partial charge in [-0.25, -0.2) is 9.80 Å². The maximum atomic E-state index is 12.6. The topological polar surface area (TPSA) is 74.8 Å². The maximum Gasteiger partial charge on any atom is 0.258 e. The first-order valence-corrected chi connectivity index (χ1v) is 12.8. The van der Waals surface area contributed by atoms with Crippen LogP contribution in [0.5, 0.6) is 0 Å². The Balaban J connectivity index is 1.44. The molecule has 0 aromatic heterocycles. The molecule has 5 rings (SSSR count). The van der Waals surface area contributed by atoms with Crippen LogP contribution in [-0.2, 0) is 19.2 Å². The number of benzene rings is 2. The first-order chi connectivity index (χ1) is 17.5. The van der Waals surface area contributed by atoms with Crippen molar-refractivity contribution in [1.29, 1.82) is 0 Å². The van der Waals surface area contributed by atoms with E-state index in [0.29, 0.717) is 17.3 Å². The highest BCUT2D eigenvalue weighted by Gasteiger charge is 2.31. The molecular weight excluding hydrogens is 452 g/mol. The molecule has 184 valence electrons. The molecule has 0 bridgehead atoms. The SMILES string of the molecule is CCCCC1CCC(c2ccc(-c3ccc(N4C(=O)C=CC4=O)cc3)cc2N2C(=O)C=CC2=O)CC1. The first kappa shape index (κ1) is 23.9. The number of amides is 4. The zero-order valence-corrected chi connectivity index (χ0v) is 20.5. The molecule has 1 fully saturated rings. The molecule has 0 radical (unpaired) electrons. The van der Waals surface area contributed by atoms with E-state index in [2.05, 4.69) is 13.0 Å². The van der Waals surface area contributed by atoms with Crippen molar-refractivity contribution in [3.05, 3.63) is 72.3 Å². The minimum absolute atomic E-state index is 0.315. The summed E-state index contributed by atoms with van der Waals surface area (Å²) in [5, 5.41) is 0. The van der Waals surface area contributed by atoms with E-state index in [1.807, 2.05) is 24.3 Å². The minimum Gasteiger partial charge on any atom is -0.269 e. The molecule has 6 nitrogen and oxygen atoms in total. The molecule has 2 aromatic rings. The van der Waals surface area contributed by atoms with E-state index in [9.17, 15) is 19.2 Å². The summed E-state index contributed by atoms with van der Waals surface area (Å²) in [5.74, 6) is -0.267. The van der Waals surface area contributed by atoms with Crippen LogP contribution in [0.2, 0.25) is 0 Å². The molecule has 36 heavy (non-hydrogen) atoms. The summed E-state index contributed by atoms with van der Waals surface area (Å²) >= 11 is 0. The average molecular weight is 483 g/mol. The summed E-state index contributed by atoms with van der Waals surface area (Å²) in [4.78, 5) is 51.7. The van der Waals surface area contributed by atoms with Gasteiger partial charge in [0.15, 0.2) is 0 Å². The Morgan fingerprint density at radius 1 is 0.694 bits per heavy atom. The van der Waals surface area contributed by atoms with Gasteiger partial charge in [0.05, 0.1) is 11.4 Å². The number of hydrogen-bond acceptors (Lipinski definition) is 4. The van der Waals surface area contributed by atoms with Crippen LogP contribution in [0.3, 0.4) is 0 Å². The summed E-state index contributed by atoms with van der Waals surface area (Å²) in [6.07, 6.45) is 13.4. The molecule has 1 aliphatic carbocycles. The minimum atomic E-state index is -0.359. The zero-order chi connectivity index (χ0) is 25.2. The number of imide groups is 2. The fourth-order valence-corrected chi connectivity index (χ4v) is 5.61. The Kier molecular flexibility index (Phi) is 6.68. The van der Waals surface area contributed by atoms with E-state index in [1.54, 1.807) is 12.1 Å². The number of carbonyl (C=O) groups is 4. The molecule has 2 aliphatic heterocycles. The standard InChI is InChI=1S/C30H30N2O4/c1-2-3-4-20-5-7-22(8-6-20)25-14-11-23(19-26(25)32-29(35)17-18-30(32)36)21-9-12-24(13-10-21)31-27(33)15-16-28(31)34/h9-20,22H,2-8H2,1H3. The molecule has 2 heterocycles. The lowest BCUT2D eigenvalue weighted by molar-refractivity contribution is -0.121. The smallest absolute Gasteiger partial charge is 0.258 e. The predicted molar refractivity (Wildman–Crippen MR) is 139 cm³/mol. The summed E-state index contributed by atoms with van der Waals surface area (Å²) in [6.45, 7) is 2.23. The van der Waals surface area contributed by atoms with Crippen molar-refractivity contribution >= 4 is 35.0 Å². The van der Waals surface area contributed by atoms with Crippen LogP contribution in [0.15, 0.2) is 66.8 Å². The van der Waals surface area contributed by atoms with Gasteiger partial charge in [-0.05, 0) is 72.4 Å². The van der Waals surface area contributed by atoms with Crippen molar-refractivity contribution < 1.29 is 19.2 Å². The molecule has 6 heteroatoms. The third kappa shape index (κ3) is 4.55. The number of anilines is 2. The van der Waals surface area contributed by atoms with Gasteiger partial charge in [-0.15, -0.1) is 0 Å². The number of nitrogens with zero attached hydrogens (tertiary/aromatic N) is 2. The summed E-state index contributed by atoms with van der Waals surface area (Å²) in [6, 6.07) is 13.2. The normalized spacial score (nSPS) is 21.8. The largest absolute Gasteiger partial charge is 0.269 e. The fraction of sp³-hybridized carbons (Fsp3) is 0.333. The number of carbonyl (C=O) groups excluding carboxylic acids is 4. The van der Waals surface area contributed by atoms with Gasteiger partial charge >= 0.3 is 0 Å². The lowest BCUT2D eigenvalue weighted by Gasteiger charge is -2.31. The van der Waals surface area contributed by atoms with Crippen molar-refractivity contribution in [2.45, 2.75) is 57.8 Å². The lowest BCUT2D eigenvalue weighted by Crippen LogP contribution is -2.31. The van der Waals surface area contributed by atoms with Crippen LogP contribution in [-0.4, -0.2) is 23.6 Å². The predicted octanol–water partition coefficient (Wildman–Crippen LogP) is 5.68. The van der Waals surface area contributed by atoms with E-state index in [-0.39, 0.29) is 23.6 Å². The average Bonchev–Trinajstić information content (AvgIpc) is 3.42. The van der Waals surface area contributed by atoms with Gasteiger partial charge in [-0.1, -0.05) is 50.5 Å². The quantitative estimate of drug-likeness (QED) is 0.476. The molecule has 0 atom stereocenters. The van der Waals surface area contributed by atoms with Crippen LogP contribution in [0.25, 0.3) is 11.1 Å². The highest BCUT2D eigenvalue weighted by atomic mass is 16.2. The second kappa shape index (κ2) is 10.1. The van der Waals surface area contributed by atoms with Crippen molar-refractivity contribution in [3.8, 4) is 11.1 Å². The van der Waals surface area contributed by atoms with Gasteiger partial charge in [-0.3, -0.25) is 19.2 Å². The number of unbranched alkanes of at least 4 members (excludes halogenated alkanes) is 1. The molecular formula is C30H30N2O4. The van der Waals surface area contributed by atoms with Gasteiger partial charge < -0.3 is 0 Å². The van der Waals surface area contributed by atoms with Crippen LogP contribution < -0.4 is 9.80 Å². The Hall–Kier alpha value is -3.80. The molecule has 4 amide bonds. The monoisotopic (exact) mass is 482 g/mol. The number of hydrogen-bond donors (Lipinski definition) is 0. The molecule has 0 unspecified atom stereocenters. The summed E-state index contributed by atoms with van der Waals surface area (Å²) < 4.78 is 0. The van der Waals surface area contributed by atoms with Gasteiger partial charge in [0, 0.05) is 24.3 Å². The third-order valence-corrected chi connectivity index (χ3v) is 7.60. The van der Waals surface area contributed by atoms with E-state index in [1.165, 1.54) is 61.3 Å². The molecule has 2 aromatic carbocycles.